The first-order valence-corrected chi connectivity index (χ1v) is 14.3. The third-order valence-corrected chi connectivity index (χ3v) is 8.35. The highest BCUT2D eigenvalue weighted by atomic mass is 16.5. The van der Waals surface area contributed by atoms with Gasteiger partial charge in [-0.25, -0.2) is 0 Å². The first-order chi connectivity index (χ1) is 20.7. The second kappa shape index (κ2) is 11.4. The van der Waals surface area contributed by atoms with E-state index >= 15 is 0 Å². The summed E-state index contributed by atoms with van der Waals surface area (Å²) >= 11 is 0. The first kappa shape index (κ1) is 28.2. The van der Waals surface area contributed by atoms with E-state index in [2.05, 4.69) is 60.0 Å². The lowest BCUT2D eigenvalue weighted by Gasteiger charge is -2.34. The molecule has 0 saturated heterocycles. The quantitative estimate of drug-likeness (QED) is 0.264. The zero-order chi connectivity index (χ0) is 30.1. The molecule has 8 heteroatoms. The van der Waals surface area contributed by atoms with Crippen LogP contribution in [-0.4, -0.2) is 35.6 Å². The topological polar surface area (TPSA) is 99.5 Å². The van der Waals surface area contributed by atoms with Crippen molar-refractivity contribution < 1.29 is 29.3 Å². The van der Waals surface area contributed by atoms with Crippen molar-refractivity contribution in [3.8, 4) is 11.5 Å². The second-order valence-corrected chi connectivity index (χ2v) is 11.7. The van der Waals surface area contributed by atoms with Crippen molar-refractivity contribution in [2.24, 2.45) is 0 Å². The maximum Gasteiger partial charge on any atom is 0.307 e. The normalized spacial score (nSPS) is 14.3. The number of benzene rings is 4. The Hall–Kier alpha value is -4.98. The number of nitrogens with zero attached hydrogens (tertiary/aromatic N) is 2. The van der Waals surface area contributed by atoms with E-state index in [9.17, 15) is 9.59 Å². The molecule has 0 amide bonds. The van der Waals surface area contributed by atoms with E-state index in [1.165, 1.54) is 11.1 Å². The summed E-state index contributed by atoms with van der Waals surface area (Å²) in [5.41, 5.74) is 7.78. The van der Waals surface area contributed by atoms with E-state index in [4.69, 9.17) is 19.7 Å². The van der Waals surface area contributed by atoms with Gasteiger partial charge < -0.3 is 29.5 Å². The Bertz CT molecular complexity index is 1540. The van der Waals surface area contributed by atoms with Crippen molar-refractivity contribution in [3.63, 3.8) is 0 Å². The van der Waals surface area contributed by atoms with Crippen LogP contribution < -0.4 is 19.3 Å². The molecule has 2 aliphatic heterocycles. The molecule has 0 saturated carbocycles. The van der Waals surface area contributed by atoms with E-state index in [0.717, 1.165) is 45.1 Å². The number of rotatable bonds is 8. The van der Waals surface area contributed by atoms with Crippen LogP contribution in [0.3, 0.4) is 0 Å². The summed E-state index contributed by atoms with van der Waals surface area (Å²) in [6.45, 7) is 6.68. The van der Waals surface area contributed by atoms with Crippen LogP contribution in [0.4, 0.5) is 11.4 Å². The summed E-state index contributed by atoms with van der Waals surface area (Å²) in [4.78, 5) is 26.4. The van der Waals surface area contributed by atoms with Gasteiger partial charge in [0.1, 0.15) is 11.5 Å². The number of carbonyl (C=O) groups is 2. The SMILES string of the molecule is CC(C)(c1ccc2c(c1)CN(c1ccc(CC(=O)O)cc1)CO2)c1ccc2c(c1)CN(c1ccc(CC(=O)O)cc1)CO2. The predicted octanol–water partition coefficient (Wildman–Crippen LogP) is 5.98. The van der Waals surface area contributed by atoms with Crippen molar-refractivity contribution in [1.82, 2.24) is 0 Å². The van der Waals surface area contributed by atoms with Gasteiger partial charge in [0.2, 0.25) is 0 Å². The third kappa shape index (κ3) is 6.00. The number of fused-ring (bicyclic) bond motifs is 2. The van der Waals surface area contributed by atoms with Gasteiger partial charge in [0.05, 0.1) is 12.8 Å². The highest BCUT2D eigenvalue weighted by Gasteiger charge is 2.28. The summed E-state index contributed by atoms with van der Waals surface area (Å²) in [6.07, 6.45) is 0.0131. The largest absolute Gasteiger partial charge is 0.481 e. The summed E-state index contributed by atoms with van der Waals surface area (Å²) < 4.78 is 12.2. The smallest absolute Gasteiger partial charge is 0.307 e. The monoisotopic (exact) mass is 578 g/mol. The summed E-state index contributed by atoms with van der Waals surface area (Å²) in [7, 11) is 0. The molecule has 0 aromatic heterocycles. The van der Waals surface area contributed by atoms with Gasteiger partial charge in [-0.05, 0) is 70.8 Å². The average molecular weight is 579 g/mol. The van der Waals surface area contributed by atoms with Crippen LogP contribution in [0.25, 0.3) is 0 Å². The molecular formula is C35H34N2O6. The molecule has 0 aliphatic carbocycles. The van der Waals surface area contributed by atoms with Gasteiger partial charge in [-0.15, -0.1) is 0 Å². The van der Waals surface area contributed by atoms with Gasteiger partial charge in [0, 0.05) is 41.0 Å². The van der Waals surface area contributed by atoms with E-state index in [0.29, 0.717) is 26.6 Å². The van der Waals surface area contributed by atoms with E-state index in [1.807, 2.05) is 48.5 Å². The predicted molar refractivity (Wildman–Crippen MR) is 164 cm³/mol. The number of aliphatic carboxylic acids is 2. The average Bonchev–Trinajstić information content (AvgIpc) is 3.00. The maximum atomic E-state index is 11.0. The Morgan fingerprint density at radius 3 is 1.42 bits per heavy atom. The second-order valence-electron chi connectivity index (χ2n) is 11.7. The Morgan fingerprint density at radius 1 is 0.651 bits per heavy atom. The van der Waals surface area contributed by atoms with Crippen LogP contribution in [-0.2, 0) is 40.9 Å². The van der Waals surface area contributed by atoms with Crippen LogP contribution in [0.1, 0.15) is 47.2 Å². The molecule has 0 unspecified atom stereocenters. The summed E-state index contributed by atoms with van der Waals surface area (Å²) in [6, 6.07) is 28.0. The first-order valence-electron chi connectivity index (χ1n) is 14.3. The highest BCUT2D eigenvalue weighted by Crippen LogP contribution is 2.39. The lowest BCUT2D eigenvalue weighted by Crippen LogP contribution is -2.33. The molecule has 8 nitrogen and oxygen atoms in total. The van der Waals surface area contributed by atoms with E-state index in [-0.39, 0.29) is 18.3 Å². The number of hydrogen-bond donors (Lipinski definition) is 2. The minimum Gasteiger partial charge on any atom is -0.481 e. The van der Waals surface area contributed by atoms with E-state index < -0.39 is 11.9 Å². The van der Waals surface area contributed by atoms with Crippen molar-refractivity contribution in [2.75, 3.05) is 23.3 Å². The molecule has 2 N–H and O–H groups in total. The number of carboxylic acids is 2. The standard InChI is InChI=1S/C35H34N2O6/c1-35(2,27-7-13-31-25(17-27)19-36(21-42-31)29-9-3-23(4-10-29)15-33(38)39)28-8-14-32-26(18-28)20-37(22-43-32)30-11-5-24(6-12-30)16-34(40)41/h3-14,17-18H,15-16,19-22H2,1-2H3,(H,38,39)(H,40,41). The Morgan fingerprint density at radius 2 is 1.05 bits per heavy atom. The molecule has 0 atom stereocenters. The third-order valence-electron chi connectivity index (χ3n) is 8.35. The molecular weight excluding hydrogens is 544 g/mol. The van der Waals surface area contributed by atoms with Crippen molar-refractivity contribution in [3.05, 3.63) is 118 Å². The molecule has 0 spiro atoms. The van der Waals surface area contributed by atoms with Crippen LogP contribution in [0.15, 0.2) is 84.9 Å². The zero-order valence-corrected chi connectivity index (χ0v) is 24.2. The van der Waals surface area contributed by atoms with Gasteiger partial charge in [-0.3, -0.25) is 9.59 Å². The minimum absolute atomic E-state index is 0.00655. The van der Waals surface area contributed by atoms with Gasteiger partial charge in [-0.2, -0.15) is 0 Å². The van der Waals surface area contributed by atoms with Crippen molar-refractivity contribution in [2.45, 2.75) is 45.2 Å². The van der Waals surface area contributed by atoms with Crippen LogP contribution in [0.2, 0.25) is 0 Å². The van der Waals surface area contributed by atoms with Crippen LogP contribution >= 0.6 is 0 Å². The maximum absolute atomic E-state index is 11.0. The molecule has 2 heterocycles. The Kier molecular flexibility index (Phi) is 7.44. The Labute approximate surface area is 250 Å². The fraction of sp³-hybridized carbons (Fsp3) is 0.257. The number of hydrogen-bond acceptors (Lipinski definition) is 6. The number of carboxylic acid groups (broad SMARTS) is 2. The molecule has 4 aromatic carbocycles. The molecule has 0 radical (unpaired) electrons. The zero-order valence-electron chi connectivity index (χ0n) is 24.2. The Balaban J connectivity index is 1.20. The van der Waals surface area contributed by atoms with Crippen molar-refractivity contribution >= 4 is 23.3 Å². The number of anilines is 2. The molecule has 43 heavy (non-hydrogen) atoms. The highest BCUT2D eigenvalue weighted by molar-refractivity contribution is 5.71. The molecule has 0 fully saturated rings. The van der Waals surface area contributed by atoms with Gasteiger partial charge >= 0.3 is 11.9 Å². The van der Waals surface area contributed by atoms with Crippen molar-refractivity contribution in [1.29, 1.82) is 0 Å². The molecule has 4 aromatic rings. The van der Waals surface area contributed by atoms with Crippen LogP contribution in [0.5, 0.6) is 11.5 Å². The lowest BCUT2D eigenvalue weighted by molar-refractivity contribution is -0.137. The molecule has 2 aliphatic rings. The summed E-state index contributed by atoms with van der Waals surface area (Å²) in [5.74, 6) is 0.0710. The molecule has 220 valence electrons. The fourth-order valence-electron chi connectivity index (χ4n) is 5.76. The van der Waals surface area contributed by atoms with E-state index in [1.54, 1.807) is 0 Å². The van der Waals surface area contributed by atoms with Gasteiger partial charge in [0.15, 0.2) is 13.5 Å². The fourth-order valence-corrected chi connectivity index (χ4v) is 5.76. The lowest BCUT2D eigenvalue weighted by atomic mass is 9.77. The van der Waals surface area contributed by atoms with Gasteiger partial charge in [0.25, 0.3) is 0 Å². The minimum atomic E-state index is -0.842. The molecule has 0 bridgehead atoms. The summed E-state index contributed by atoms with van der Waals surface area (Å²) in [5, 5.41) is 18.1. The molecule has 6 rings (SSSR count). The number of ether oxygens (including phenoxy) is 2. The van der Waals surface area contributed by atoms with Gasteiger partial charge in [-0.1, -0.05) is 50.2 Å². The van der Waals surface area contributed by atoms with Crippen LogP contribution in [0, 0.1) is 0 Å².